The first-order valence-corrected chi connectivity index (χ1v) is 7.05. The van der Waals surface area contributed by atoms with Crippen LogP contribution in [0.1, 0.15) is 24.6 Å². The molecule has 0 saturated carbocycles. The smallest absolute Gasteiger partial charge is 0.310 e. The van der Waals surface area contributed by atoms with E-state index in [0.29, 0.717) is 11.4 Å². The van der Waals surface area contributed by atoms with E-state index < -0.39 is 0 Å². The summed E-state index contributed by atoms with van der Waals surface area (Å²) in [5, 5.41) is 10.00. The molecular weight excluding hydrogens is 260 g/mol. The second-order valence-corrected chi connectivity index (χ2v) is 5.15. The van der Waals surface area contributed by atoms with Gasteiger partial charge in [-0.25, -0.2) is 0 Å². The Labute approximate surface area is 115 Å². The molecule has 0 amide bonds. The summed E-state index contributed by atoms with van der Waals surface area (Å²) in [5.74, 6) is 0.0168. The maximum Gasteiger partial charge on any atom is 0.310 e. The molecule has 0 aliphatic carbocycles. The van der Waals surface area contributed by atoms with Crippen molar-refractivity contribution in [3.05, 3.63) is 44.9 Å². The molecule has 1 aromatic heterocycles. The van der Waals surface area contributed by atoms with Crippen molar-refractivity contribution in [1.82, 2.24) is 4.57 Å². The maximum atomic E-state index is 11.7. The Morgan fingerprint density at radius 1 is 1.37 bits per heavy atom. The topological polar surface area (TPSA) is 54.6 Å². The Morgan fingerprint density at radius 2 is 2.11 bits per heavy atom. The predicted molar refractivity (Wildman–Crippen MR) is 78.8 cm³/mol. The summed E-state index contributed by atoms with van der Waals surface area (Å²) in [6.45, 7) is 2.60. The predicted octanol–water partition coefficient (Wildman–Crippen LogP) is 3.17. The third-order valence-electron chi connectivity index (χ3n) is 2.72. The molecule has 0 radical (unpaired) electrons. The fourth-order valence-electron chi connectivity index (χ4n) is 1.66. The van der Waals surface area contributed by atoms with Gasteiger partial charge in [0.15, 0.2) is 0 Å². The summed E-state index contributed by atoms with van der Waals surface area (Å²) in [5.41, 5.74) is 0.794. The number of aromatic nitrogens is 1. The molecule has 0 atom stereocenters. The first-order chi connectivity index (χ1) is 9.22. The van der Waals surface area contributed by atoms with Gasteiger partial charge in [0.25, 0.3) is 0 Å². The Balaban J connectivity index is 2.22. The molecule has 0 unspecified atom stereocenters. The van der Waals surface area contributed by atoms with E-state index in [1.54, 1.807) is 6.21 Å². The van der Waals surface area contributed by atoms with Crippen molar-refractivity contribution >= 4 is 23.2 Å². The highest BCUT2D eigenvalue weighted by atomic mass is 32.1. The van der Waals surface area contributed by atoms with Crippen LogP contribution < -0.4 is 4.87 Å². The van der Waals surface area contributed by atoms with E-state index in [1.165, 1.54) is 4.57 Å². The number of aromatic hydroxyl groups is 1. The quantitative estimate of drug-likeness (QED) is 0.853. The van der Waals surface area contributed by atoms with Crippen molar-refractivity contribution in [3.63, 3.8) is 0 Å². The molecule has 0 aliphatic rings. The van der Waals surface area contributed by atoms with Crippen LogP contribution in [0.2, 0.25) is 0 Å². The molecule has 5 heteroatoms. The normalized spacial score (nSPS) is 11.2. The molecule has 0 aliphatic heterocycles. The van der Waals surface area contributed by atoms with Gasteiger partial charge < -0.3 is 5.11 Å². The summed E-state index contributed by atoms with van der Waals surface area (Å²) in [6, 6.07) is 9.42. The van der Waals surface area contributed by atoms with E-state index in [2.05, 4.69) is 4.99 Å². The van der Waals surface area contributed by atoms with Crippen LogP contribution in [0, 0.1) is 0 Å². The highest BCUT2D eigenvalue weighted by Crippen LogP contribution is 2.19. The lowest BCUT2D eigenvalue weighted by molar-refractivity contribution is 0.408. The minimum absolute atomic E-state index is 0.0168. The number of rotatable bonds is 5. The molecule has 2 aromatic rings. The summed E-state index contributed by atoms with van der Waals surface area (Å²) in [4.78, 5) is 16.3. The molecule has 100 valence electrons. The van der Waals surface area contributed by atoms with Gasteiger partial charge in [0.1, 0.15) is 4.88 Å². The van der Waals surface area contributed by atoms with E-state index >= 15 is 0 Å². The number of hydrogen-bond acceptors (Lipinski definition) is 4. The van der Waals surface area contributed by atoms with Crippen LogP contribution in [0.15, 0.2) is 40.1 Å². The van der Waals surface area contributed by atoms with Crippen LogP contribution >= 0.6 is 11.3 Å². The van der Waals surface area contributed by atoms with E-state index in [4.69, 9.17) is 0 Å². The molecule has 0 bridgehead atoms. The Morgan fingerprint density at radius 3 is 2.79 bits per heavy atom. The van der Waals surface area contributed by atoms with Crippen molar-refractivity contribution < 1.29 is 5.11 Å². The van der Waals surface area contributed by atoms with Crippen LogP contribution in [0.5, 0.6) is 5.88 Å². The number of thiazole rings is 1. The molecule has 19 heavy (non-hydrogen) atoms. The molecule has 2 rings (SSSR count). The summed E-state index contributed by atoms with van der Waals surface area (Å²) >= 11 is 1.02. The van der Waals surface area contributed by atoms with Crippen LogP contribution in [0.25, 0.3) is 0 Å². The number of para-hydroxylation sites is 1. The van der Waals surface area contributed by atoms with Crippen molar-refractivity contribution in [3.8, 4) is 5.88 Å². The van der Waals surface area contributed by atoms with Gasteiger partial charge in [-0.2, -0.15) is 0 Å². The minimum atomic E-state index is -0.138. The second kappa shape index (κ2) is 6.33. The van der Waals surface area contributed by atoms with Crippen LogP contribution in [0.3, 0.4) is 0 Å². The molecule has 4 nitrogen and oxygen atoms in total. The largest absolute Gasteiger partial charge is 0.493 e. The zero-order chi connectivity index (χ0) is 13.7. The SMILES string of the molecule is CCCCn1c(O)c(C=Nc2ccccc2)sc1=O. The number of hydrogen-bond donors (Lipinski definition) is 1. The summed E-state index contributed by atoms with van der Waals surface area (Å²) in [6.07, 6.45) is 3.40. The van der Waals surface area contributed by atoms with Gasteiger partial charge in [0.2, 0.25) is 5.88 Å². The van der Waals surface area contributed by atoms with Gasteiger partial charge in [-0.15, -0.1) is 0 Å². The van der Waals surface area contributed by atoms with Crippen molar-refractivity contribution in [1.29, 1.82) is 0 Å². The highest BCUT2D eigenvalue weighted by molar-refractivity contribution is 7.11. The van der Waals surface area contributed by atoms with Crippen LogP contribution in [-0.4, -0.2) is 15.9 Å². The number of unbranched alkanes of at least 4 members (excludes halogenated alkanes) is 1. The standard InChI is InChI=1S/C14H16N2O2S/c1-2-3-9-16-13(17)12(19-14(16)18)10-15-11-7-5-4-6-8-11/h4-8,10,17H,2-3,9H2,1H3. The molecule has 1 N–H and O–H groups in total. The minimum Gasteiger partial charge on any atom is -0.493 e. The van der Waals surface area contributed by atoms with E-state index in [-0.39, 0.29) is 10.8 Å². The number of benzene rings is 1. The zero-order valence-corrected chi connectivity index (χ0v) is 11.6. The van der Waals surface area contributed by atoms with Gasteiger partial charge in [-0.05, 0) is 18.6 Å². The van der Waals surface area contributed by atoms with Crippen LogP contribution in [-0.2, 0) is 6.54 Å². The van der Waals surface area contributed by atoms with Gasteiger partial charge in [0, 0.05) is 6.54 Å². The lowest BCUT2D eigenvalue weighted by Crippen LogP contribution is -2.12. The third-order valence-corrected chi connectivity index (χ3v) is 3.62. The zero-order valence-electron chi connectivity index (χ0n) is 10.7. The summed E-state index contributed by atoms with van der Waals surface area (Å²) in [7, 11) is 0. The van der Waals surface area contributed by atoms with Crippen molar-refractivity contribution in [2.24, 2.45) is 4.99 Å². The van der Waals surface area contributed by atoms with E-state index in [1.807, 2.05) is 37.3 Å². The van der Waals surface area contributed by atoms with Crippen LogP contribution in [0.4, 0.5) is 5.69 Å². The molecule has 0 fully saturated rings. The molecule has 0 spiro atoms. The van der Waals surface area contributed by atoms with Crippen molar-refractivity contribution in [2.45, 2.75) is 26.3 Å². The molecular formula is C14H16N2O2S. The van der Waals surface area contributed by atoms with Crippen molar-refractivity contribution in [2.75, 3.05) is 0 Å². The lowest BCUT2D eigenvalue weighted by atomic mass is 10.3. The van der Waals surface area contributed by atoms with Gasteiger partial charge >= 0.3 is 4.87 Å². The van der Waals surface area contributed by atoms with E-state index in [0.717, 1.165) is 29.9 Å². The second-order valence-electron chi connectivity index (χ2n) is 4.15. The lowest BCUT2D eigenvalue weighted by Gasteiger charge is -2.00. The fourth-order valence-corrected chi connectivity index (χ4v) is 2.44. The highest BCUT2D eigenvalue weighted by Gasteiger charge is 2.11. The number of aliphatic imine (C=N–C) groups is 1. The molecule has 0 saturated heterocycles. The molecule has 1 heterocycles. The molecule has 1 aromatic carbocycles. The Kier molecular flexibility index (Phi) is 4.52. The first-order valence-electron chi connectivity index (χ1n) is 6.24. The average Bonchev–Trinajstić information content (AvgIpc) is 2.70. The Hall–Kier alpha value is -1.88. The monoisotopic (exact) mass is 276 g/mol. The third kappa shape index (κ3) is 3.32. The Bertz CT molecular complexity index is 614. The summed E-state index contributed by atoms with van der Waals surface area (Å²) < 4.78 is 1.40. The van der Waals surface area contributed by atoms with E-state index in [9.17, 15) is 9.90 Å². The maximum absolute atomic E-state index is 11.7. The number of nitrogens with zero attached hydrogens (tertiary/aromatic N) is 2. The first kappa shape index (κ1) is 13.5. The van der Waals surface area contributed by atoms with Gasteiger partial charge in [-0.3, -0.25) is 14.4 Å². The average molecular weight is 276 g/mol. The van der Waals surface area contributed by atoms with Gasteiger partial charge in [-0.1, -0.05) is 42.9 Å². The fraction of sp³-hybridized carbons (Fsp3) is 0.286. The van der Waals surface area contributed by atoms with Gasteiger partial charge in [0.05, 0.1) is 11.9 Å².